The molecule has 4 atom stereocenters. The molecule has 2 nitrogen and oxygen atoms in total. The molecule has 18 heavy (non-hydrogen) atoms. The van der Waals surface area contributed by atoms with Gasteiger partial charge in [-0.25, -0.2) is 0 Å². The van der Waals surface area contributed by atoms with Gasteiger partial charge in [-0.15, -0.1) is 0 Å². The highest BCUT2D eigenvalue weighted by atomic mass is 16.5. The average Bonchev–Trinajstić information content (AvgIpc) is 2.96. The van der Waals surface area contributed by atoms with E-state index >= 15 is 0 Å². The SMILES string of the molecule is CCCCCCCO[C@@H]1[C@H]2CC[C@H](C2)[C@H]1CC=O. The smallest absolute Gasteiger partial charge is 0.120 e. The van der Waals surface area contributed by atoms with Crippen LogP contribution in [-0.2, 0) is 9.53 Å². The van der Waals surface area contributed by atoms with Crippen LogP contribution < -0.4 is 0 Å². The van der Waals surface area contributed by atoms with E-state index in [1.165, 1.54) is 51.4 Å². The summed E-state index contributed by atoms with van der Waals surface area (Å²) in [5, 5.41) is 0. The molecule has 104 valence electrons. The summed E-state index contributed by atoms with van der Waals surface area (Å²) < 4.78 is 6.12. The fourth-order valence-electron chi connectivity index (χ4n) is 3.98. The second-order valence-corrected chi connectivity index (χ2v) is 6.15. The third-order valence-corrected chi connectivity index (χ3v) is 4.93. The van der Waals surface area contributed by atoms with Gasteiger partial charge >= 0.3 is 0 Å². The van der Waals surface area contributed by atoms with Gasteiger partial charge in [0.15, 0.2) is 0 Å². The molecule has 0 spiro atoms. The van der Waals surface area contributed by atoms with Crippen molar-refractivity contribution in [3.63, 3.8) is 0 Å². The molecule has 2 saturated carbocycles. The van der Waals surface area contributed by atoms with Crippen LogP contribution in [0.4, 0.5) is 0 Å². The third kappa shape index (κ3) is 3.34. The highest BCUT2D eigenvalue weighted by Crippen LogP contribution is 2.50. The van der Waals surface area contributed by atoms with Crippen molar-refractivity contribution in [1.29, 1.82) is 0 Å². The molecule has 2 rings (SSSR count). The minimum absolute atomic E-state index is 0.403. The summed E-state index contributed by atoms with van der Waals surface area (Å²) in [6, 6.07) is 0. The van der Waals surface area contributed by atoms with Crippen LogP contribution in [0.2, 0.25) is 0 Å². The predicted octanol–water partition coefficient (Wildman–Crippen LogP) is 3.98. The molecule has 2 bridgehead atoms. The van der Waals surface area contributed by atoms with E-state index in [0.717, 1.165) is 31.1 Å². The van der Waals surface area contributed by atoms with Gasteiger partial charge in [-0.1, -0.05) is 32.6 Å². The van der Waals surface area contributed by atoms with Gasteiger partial charge in [-0.3, -0.25) is 0 Å². The largest absolute Gasteiger partial charge is 0.378 e. The molecule has 2 aliphatic carbocycles. The fourth-order valence-corrected chi connectivity index (χ4v) is 3.98. The van der Waals surface area contributed by atoms with Crippen molar-refractivity contribution in [3.8, 4) is 0 Å². The average molecular weight is 252 g/mol. The lowest BCUT2D eigenvalue weighted by molar-refractivity contribution is -0.111. The Hall–Kier alpha value is -0.370. The second kappa shape index (κ2) is 7.28. The number of unbranched alkanes of at least 4 members (excludes halogenated alkanes) is 4. The molecule has 0 aromatic rings. The molecule has 0 radical (unpaired) electrons. The Labute approximate surface area is 111 Å². The summed E-state index contributed by atoms with van der Waals surface area (Å²) in [5.41, 5.74) is 0. The van der Waals surface area contributed by atoms with Gasteiger partial charge in [0, 0.05) is 13.0 Å². The summed E-state index contributed by atoms with van der Waals surface area (Å²) in [4.78, 5) is 10.8. The lowest BCUT2D eigenvalue weighted by atomic mass is 9.84. The summed E-state index contributed by atoms with van der Waals surface area (Å²) in [6.45, 7) is 3.16. The fraction of sp³-hybridized carbons (Fsp3) is 0.938. The maximum atomic E-state index is 10.8. The molecular formula is C16H28O2. The van der Waals surface area contributed by atoms with Crippen molar-refractivity contribution in [2.24, 2.45) is 17.8 Å². The molecule has 0 aromatic heterocycles. The minimum Gasteiger partial charge on any atom is -0.378 e. The summed E-state index contributed by atoms with van der Waals surface area (Å²) in [7, 11) is 0. The van der Waals surface area contributed by atoms with Crippen molar-refractivity contribution in [2.75, 3.05) is 6.61 Å². The van der Waals surface area contributed by atoms with Crippen LogP contribution in [0.1, 0.15) is 64.7 Å². The van der Waals surface area contributed by atoms with E-state index in [-0.39, 0.29) is 0 Å². The Balaban J connectivity index is 1.66. The zero-order chi connectivity index (χ0) is 12.8. The number of carbonyl (C=O) groups excluding carboxylic acids is 1. The Morgan fingerprint density at radius 3 is 2.67 bits per heavy atom. The van der Waals surface area contributed by atoms with Crippen molar-refractivity contribution >= 4 is 6.29 Å². The van der Waals surface area contributed by atoms with E-state index in [2.05, 4.69) is 6.92 Å². The van der Waals surface area contributed by atoms with Crippen molar-refractivity contribution in [1.82, 2.24) is 0 Å². The molecule has 2 fully saturated rings. The summed E-state index contributed by atoms with van der Waals surface area (Å²) in [5.74, 6) is 2.08. The standard InChI is InChI=1S/C16H28O2/c1-2-3-4-5-6-11-18-16-14-8-7-13(12-14)15(16)9-10-17/h10,13-16H,2-9,11-12H2,1H3/t13-,14+,15-,16-/m1/s1. The maximum absolute atomic E-state index is 10.8. The second-order valence-electron chi connectivity index (χ2n) is 6.15. The lowest BCUT2D eigenvalue weighted by Crippen LogP contribution is -2.31. The van der Waals surface area contributed by atoms with Gasteiger partial charge in [0.25, 0.3) is 0 Å². The quantitative estimate of drug-likeness (QED) is 0.458. The van der Waals surface area contributed by atoms with Crippen LogP contribution in [0.15, 0.2) is 0 Å². The number of hydrogen-bond donors (Lipinski definition) is 0. The summed E-state index contributed by atoms with van der Waals surface area (Å²) in [6.07, 6.45) is 12.7. The number of aldehydes is 1. The van der Waals surface area contributed by atoms with E-state index < -0.39 is 0 Å². The van der Waals surface area contributed by atoms with E-state index in [4.69, 9.17) is 4.74 Å². The molecule has 0 N–H and O–H groups in total. The van der Waals surface area contributed by atoms with Crippen molar-refractivity contribution in [3.05, 3.63) is 0 Å². The van der Waals surface area contributed by atoms with Gasteiger partial charge in [-0.05, 0) is 43.4 Å². The first-order chi connectivity index (χ1) is 8.86. The Bertz CT molecular complexity index is 251. The minimum atomic E-state index is 0.403. The van der Waals surface area contributed by atoms with Crippen molar-refractivity contribution < 1.29 is 9.53 Å². The Morgan fingerprint density at radius 2 is 1.89 bits per heavy atom. The molecule has 0 amide bonds. The van der Waals surface area contributed by atoms with Crippen LogP contribution in [0.3, 0.4) is 0 Å². The van der Waals surface area contributed by atoms with E-state index in [9.17, 15) is 4.79 Å². The first-order valence-electron chi connectivity index (χ1n) is 7.92. The van der Waals surface area contributed by atoms with E-state index in [0.29, 0.717) is 12.0 Å². The number of ether oxygens (including phenoxy) is 1. The van der Waals surface area contributed by atoms with Crippen LogP contribution in [-0.4, -0.2) is 19.0 Å². The van der Waals surface area contributed by atoms with Crippen molar-refractivity contribution in [2.45, 2.75) is 70.8 Å². The van der Waals surface area contributed by atoms with E-state index in [1.807, 2.05) is 0 Å². The normalized spacial score (nSPS) is 34.1. The molecule has 0 unspecified atom stereocenters. The zero-order valence-electron chi connectivity index (χ0n) is 11.8. The van der Waals surface area contributed by atoms with E-state index in [1.54, 1.807) is 0 Å². The van der Waals surface area contributed by atoms with Crippen LogP contribution in [0.5, 0.6) is 0 Å². The number of hydrogen-bond acceptors (Lipinski definition) is 2. The molecule has 2 heteroatoms. The monoisotopic (exact) mass is 252 g/mol. The Kier molecular flexibility index (Phi) is 5.68. The number of carbonyl (C=O) groups is 1. The van der Waals surface area contributed by atoms with Gasteiger partial charge in [0.05, 0.1) is 6.10 Å². The maximum Gasteiger partial charge on any atom is 0.120 e. The number of rotatable bonds is 9. The predicted molar refractivity (Wildman–Crippen MR) is 73.5 cm³/mol. The van der Waals surface area contributed by atoms with Crippen LogP contribution in [0.25, 0.3) is 0 Å². The zero-order valence-corrected chi connectivity index (χ0v) is 11.8. The topological polar surface area (TPSA) is 26.3 Å². The molecule has 2 aliphatic rings. The van der Waals surface area contributed by atoms with Gasteiger partial charge in [0.2, 0.25) is 0 Å². The molecule has 0 saturated heterocycles. The highest BCUT2D eigenvalue weighted by Gasteiger charge is 2.47. The lowest BCUT2D eigenvalue weighted by Gasteiger charge is -2.30. The van der Waals surface area contributed by atoms with Crippen LogP contribution in [0, 0.1) is 17.8 Å². The van der Waals surface area contributed by atoms with Gasteiger partial charge in [0.1, 0.15) is 6.29 Å². The van der Waals surface area contributed by atoms with Crippen LogP contribution >= 0.6 is 0 Å². The molecule has 0 aliphatic heterocycles. The highest BCUT2D eigenvalue weighted by molar-refractivity contribution is 5.50. The first-order valence-corrected chi connectivity index (χ1v) is 7.92. The molecular weight excluding hydrogens is 224 g/mol. The third-order valence-electron chi connectivity index (χ3n) is 4.93. The van der Waals surface area contributed by atoms with Gasteiger partial charge in [-0.2, -0.15) is 0 Å². The summed E-state index contributed by atoms with van der Waals surface area (Å²) >= 11 is 0. The van der Waals surface area contributed by atoms with Gasteiger partial charge < -0.3 is 9.53 Å². The number of fused-ring (bicyclic) bond motifs is 2. The first kappa shape index (κ1) is 14.0. The Morgan fingerprint density at radius 1 is 1.11 bits per heavy atom. The molecule has 0 heterocycles. The molecule has 0 aromatic carbocycles.